The Morgan fingerprint density at radius 3 is 2.67 bits per heavy atom. The zero-order chi connectivity index (χ0) is 11.7. The fraction of sp³-hybridized carbons (Fsp3) is 0.900. The molecule has 0 spiro atoms. The van der Waals surface area contributed by atoms with Crippen LogP contribution >= 0.6 is 11.8 Å². The number of aliphatic carboxylic acids is 1. The fourth-order valence-electron chi connectivity index (χ4n) is 1.18. The average Bonchev–Trinajstić information content (AvgIpc) is 2.17. The van der Waals surface area contributed by atoms with Crippen molar-refractivity contribution in [1.29, 1.82) is 0 Å². The maximum Gasteiger partial charge on any atom is 0.321 e. The Balaban J connectivity index is 3.28. The summed E-state index contributed by atoms with van der Waals surface area (Å²) in [5.41, 5.74) is 5.34. The Morgan fingerprint density at radius 2 is 2.13 bits per heavy atom. The summed E-state index contributed by atoms with van der Waals surface area (Å²) < 4.78 is 0. The maximum atomic E-state index is 10.4. The van der Waals surface area contributed by atoms with Gasteiger partial charge in [-0.3, -0.25) is 4.79 Å². The van der Waals surface area contributed by atoms with E-state index >= 15 is 0 Å². The van der Waals surface area contributed by atoms with Crippen LogP contribution in [-0.4, -0.2) is 39.8 Å². The minimum Gasteiger partial charge on any atom is -0.480 e. The summed E-state index contributed by atoms with van der Waals surface area (Å²) in [6.07, 6.45) is 3.35. The van der Waals surface area contributed by atoms with Crippen molar-refractivity contribution in [2.45, 2.75) is 44.8 Å². The van der Waals surface area contributed by atoms with Gasteiger partial charge in [-0.2, -0.15) is 11.8 Å². The van der Waals surface area contributed by atoms with E-state index in [-0.39, 0.29) is 6.10 Å². The molecule has 0 rings (SSSR count). The Hall–Kier alpha value is -0.260. The monoisotopic (exact) mass is 235 g/mol. The molecule has 0 aliphatic rings. The Labute approximate surface area is 95.2 Å². The van der Waals surface area contributed by atoms with E-state index in [1.165, 1.54) is 11.8 Å². The van der Waals surface area contributed by atoms with E-state index in [4.69, 9.17) is 10.8 Å². The van der Waals surface area contributed by atoms with Crippen LogP contribution in [0.4, 0.5) is 0 Å². The number of carboxylic acid groups (broad SMARTS) is 1. The SMILES string of the molecule is CCCC(O)CCCSC[C@H](N)C(=O)O. The van der Waals surface area contributed by atoms with Crippen molar-refractivity contribution in [3.05, 3.63) is 0 Å². The van der Waals surface area contributed by atoms with Crippen LogP contribution in [0.1, 0.15) is 32.6 Å². The highest BCUT2D eigenvalue weighted by atomic mass is 32.2. The topological polar surface area (TPSA) is 83.5 Å². The van der Waals surface area contributed by atoms with Crippen molar-refractivity contribution in [2.24, 2.45) is 5.73 Å². The first-order valence-corrected chi connectivity index (χ1v) is 6.47. The van der Waals surface area contributed by atoms with Gasteiger partial charge in [0.1, 0.15) is 6.04 Å². The van der Waals surface area contributed by atoms with Crippen LogP contribution in [-0.2, 0) is 4.79 Å². The van der Waals surface area contributed by atoms with Crippen molar-refractivity contribution < 1.29 is 15.0 Å². The van der Waals surface area contributed by atoms with Crippen LogP contribution < -0.4 is 5.73 Å². The Bertz CT molecular complexity index is 178. The molecule has 0 bridgehead atoms. The molecule has 4 N–H and O–H groups in total. The molecular formula is C10H21NO3S. The number of carbonyl (C=O) groups is 1. The normalized spacial score (nSPS) is 14.9. The van der Waals surface area contributed by atoms with Crippen LogP contribution in [0.5, 0.6) is 0 Å². The van der Waals surface area contributed by atoms with Crippen molar-refractivity contribution in [3.8, 4) is 0 Å². The largest absolute Gasteiger partial charge is 0.480 e. The smallest absolute Gasteiger partial charge is 0.321 e. The van der Waals surface area contributed by atoms with E-state index in [0.29, 0.717) is 5.75 Å². The zero-order valence-corrected chi connectivity index (χ0v) is 10.0. The van der Waals surface area contributed by atoms with Gasteiger partial charge in [-0.05, 0) is 25.0 Å². The van der Waals surface area contributed by atoms with Crippen molar-refractivity contribution >= 4 is 17.7 Å². The van der Waals surface area contributed by atoms with Gasteiger partial charge in [0.15, 0.2) is 0 Å². The lowest BCUT2D eigenvalue weighted by Gasteiger charge is -2.09. The summed E-state index contributed by atoms with van der Waals surface area (Å²) in [4.78, 5) is 10.4. The van der Waals surface area contributed by atoms with Crippen LogP contribution in [0.15, 0.2) is 0 Å². The Kier molecular flexibility index (Phi) is 8.85. The second-order valence-electron chi connectivity index (χ2n) is 3.60. The van der Waals surface area contributed by atoms with Gasteiger partial charge in [-0.1, -0.05) is 13.3 Å². The number of hydrogen-bond donors (Lipinski definition) is 3. The van der Waals surface area contributed by atoms with Crippen molar-refractivity contribution in [3.63, 3.8) is 0 Å². The molecule has 15 heavy (non-hydrogen) atoms. The molecule has 1 unspecified atom stereocenters. The fourth-order valence-corrected chi connectivity index (χ4v) is 2.11. The number of carboxylic acids is 1. The molecule has 0 aliphatic heterocycles. The molecule has 90 valence electrons. The van der Waals surface area contributed by atoms with Gasteiger partial charge in [0.05, 0.1) is 6.10 Å². The number of hydrogen-bond acceptors (Lipinski definition) is 4. The first-order valence-electron chi connectivity index (χ1n) is 5.32. The third kappa shape index (κ3) is 8.72. The molecule has 0 saturated carbocycles. The van der Waals surface area contributed by atoms with Crippen LogP contribution in [0.3, 0.4) is 0 Å². The number of rotatable bonds is 9. The van der Waals surface area contributed by atoms with Gasteiger partial charge in [0, 0.05) is 5.75 Å². The molecule has 5 heteroatoms. The molecule has 2 atom stereocenters. The average molecular weight is 235 g/mol. The van der Waals surface area contributed by atoms with Gasteiger partial charge in [0.2, 0.25) is 0 Å². The van der Waals surface area contributed by atoms with Gasteiger partial charge < -0.3 is 15.9 Å². The van der Waals surface area contributed by atoms with Gasteiger partial charge >= 0.3 is 5.97 Å². The number of aliphatic hydroxyl groups excluding tert-OH is 1. The quantitative estimate of drug-likeness (QED) is 0.521. The second-order valence-corrected chi connectivity index (χ2v) is 4.75. The van der Waals surface area contributed by atoms with E-state index in [1.54, 1.807) is 0 Å². The lowest BCUT2D eigenvalue weighted by Crippen LogP contribution is -2.32. The summed E-state index contributed by atoms with van der Waals surface area (Å²) in [6, 6.07) is -0.768. The second kappa shape index (κ2) is 9.00. The molecule has 0 amide bonds. The summed E-state index contributed by atoms with van der Waals surface area (Å²) in [5.74, 6) is 0.356. The summed E-state index contributed by atoms with van der Waals surface area (Å²) in [5, 5.41) is 17.9. The third-order valence-corrected chi connectivity index (χ3v) is 3.23. The maximum absolute atomic E-state index is 10.4. The molecule has 0 heterocycles. The number of aliphatic hydroxyl groups is 1. The Morgan fingerprint density at radius 1 is 1.47 bits per heavy atom. The summed E-state index contributed by atoms with van der Waals surface area (Å²) in [7, 11) is 0. The lowest BCUT2D eigenvalue weighted by molar-refractivity contribution is -0.137. The van der Waals surface area contributed by atoms with E-state index in [9.17, 15) is 9.90 Å². The van der Waals surface area contributed by atoms with Crippen LogP contribution in [0.2, 0.25) is 0 Å². The zero-order valence-electron chi connectivity index (χ0n) is 9.19. The van der Waals surface area contributed by atoms with E-state index < -0.39 is 12.0 Å². The van der Waals surface area contributed by atoms with Crippen LogP contribution in [0, 0.1) is 0 Å². The molecule has 0 saturated heterocycles. The molecule has 0 radical (unpaired) electrons. The molecule has 4 nitrogen and oxygen atoms in total. The summed E-state index contributed by atoms with van der Waals surface area (Å²) in [6.45, 7) is 2.05. The number of nitrogens with two attached hydrogens (primary N) is 1. The highest BCUT2D eigenvalue weighted by molar-refractivity contribution is 7.99. The first kappa shape index (κ1) is 14.7. The predicted molar refractivity (Wildman–Crippen MR) is 63.1 cm³/mol. The lowest BCUT2D eigenvalue weighted by atomic mass is 10.1. The molecular weight excluding hydrogens is 214 g/mol. The number of thioether (sulfide) groups is 1. The van der Waals surface area contributed by atoms with Crippen molar-refractivity contribution in [1.82, 2.24) is 0 Å². The van der Waals surface area contributed by atoms with Gasteiger partial charge in [0.25, 0.3) is 0 Å². The molecule has 0 aromatic heterocycles. The minimum absolute atomic E-state index is 0.205. The highest BCUT2D eigenvalue weighted by Crippen LogP contribution is 2.10. The first-order chi connectivity index (χ1) is 7.07. The molecule has 0 aromatic rings. The standard InChI is InChI=1S/C10H21NO3S/c1-2-4-8(12)5-3-6-15-7-9(11)10(13)14/h8-9,12H,2-7,11H2,1H3,(H,13,14)/t8?,9-/m0/s1. The predicted octanol–water partition coefficient (Wildman–Crippen LogP) is 1.07. The van der Waals surface area contributed by atoms with Crippen LogP contribution in [0.25, 0.3) is 0 Å². The molecule has 0 aromatic carbocycles. The van der Waals surface area contributed by atoms with Crippen molar-refractivity contribution in [2.75, 3.05) is 11.5 Å². The third-order valence-electron chi connectivity index (χ3n) is 2.06. The minimum atomic E-state index is -0.950. The van der Waals surface area contributed by atoms with Gasteiger partial charge in [-0.15, -0.1) is 0 Å². The molecule has 0 fully saturated rings. The van der Waals surface area contributed by atoms with E-state index in [0.717, 1.165) is 31.4 Å². The van der Waals surface area contributed by atoms with E-state index in [2.05, 4.69) is 0 Å². The molecule has 0 aliphatic carbocycles. The van der Waals surface area contributed by atoms with E-state index in [1.807, 2.05) is 6.92 Å². The highest BCUT2D eigenvalue weighted by Gasteiger charge is 2.10. The summed E-state index contributed by atoms with van der Waals surface area (Å²) >= 11 is 1.53. The van der Waals surface area contributed by atoms with Gasteiger partial charge in [-0.25, -0.2) is 0 Å².